The van der Waals surface area contributed by atoms with Gasteiger partial charge in [0.05, 0.1) is 29.1 Å². The number of carbonyl (C=O) groups is 2. The normalized spacial score (nSPS) is 18.5. The van der Waals surface area contributed by atoms with Crippen LogP contribution in [0.1, 0.15) is 25.3 Å². The number of methoxy groups -OCH3 is 1. The minimum Gasteiger partial charge on any atom is -0.466 e. The quantitative estimate of drug-likeness (QED) is 0.311. The Bertz CT molecular complexity index is 1230. The van der Waals surface area contributed by atoms with Crippen molar-refractivity contribution in [3.05, 3.63) is 74.1 Å². The molecular weight excluding hydrogens is 498 g/mol. The molecule has 1 saturated heterocycles. The maximum Gasteiger partial charge on any atom is 0.336 e. The lowest BCUT2D eigenvalue weighted by molar-refractivity contribution is -0.384. The highest BCUT2D eigenvalue weighted by Crippen LogP contribution is 2.40. The van der Waals surface area contributed by atoms with Crippen molar-refractivity contribution < 1.29 is 24.0 Å². The third-order valence-electron chi connectivity index (χ3n) is 6.50. The van der Waals surface area contributed by atoms with Crippen LogP contribution >= 0.6 is 11.3 Å². The predicted molar refractivity (Wildman–Crippen MR) is 138 cm³/mol. The molecule has 3 heterocycles. The van der Waals surface area contributed by atoms with Crippen molar-refractivity contribution in [2.24, 2.45) is 0 Å². The molecule has 37 heavy (non-hydrogen) atoms. The van der Waals surface area contributed by atoms with E-state index in [0.717, 1.165) is 31.3 Å². The number of allylic oxidation sites excluding steroid dienone is 2. The van der Waals surface area contributed by atoms with E-state index in [1.807, 2.05) is 5.38 Å². The van der Waals surface area contributed by atoms with Crippen molar-refractivity contribution in [2.75, 3.05) is 51.3 Å². The van der Waals surface area contributed by atoms with Crippen LogP contribution in [0.15, 0.2) is 58.4 Å². The molecule has 0 radical (unpaired) electrons. The van der Waals surface area contributed by atoms with Gasteiger partial charge in [-0.3, -0.25) is 15.0 Å². The largest absolute Gasteiger partial charge is 0.466 e. The number of piperazine rings is 1. The predicted octanol–water partition coefficient (Wildman–Crippen LogP) is 2.82. The van der Waals surface area contributed by atoms with Gasteiger partial charge in [-0.05, 0) is 19.4 Å². The average molecular weight is 528 g/mol. The molecule has 4 rings (SSSR count). The zero-order chi connectivity index (χ0) is 26.5. The molecule has 1 N–H and O–H groups in total. The summed E-state index contributed by atoms with van der Waals surface area (Å²) < 4.78 is 10.7. The molecule has 1 unspecified atom stereocenters. The first-order chi connectivity index (χ1) is 17.8. The lowest BCUT2D eigenvalue weighted by Gasteiger charge is -2.34. The van der Waals surface area contributed by atoms with E-state index in [-0.39, 0.29) is 23.4 Å². The molecule has 0 amide bonds. The van der Waals surface area contributed by atoms with Crippen LogP contribution in [0.3, 0.4) is 0 Å². The zero-order valence-electron chi connectivity index (χ0n) is 20.9. The van der Waals surface area contributed by atoms with Crippen molar-refractivity contribution >= 4 is 34.1 Å². The number of carbonyl (C=O) groups excluding carboxylic acids is 2. The number of dihydropyridines is 1. The van der Waals surface area contributed by atoms with Crippen LogP contribution in [0, 0.1) is 10.1 Å². The van der Waals surface area contributed by atoms with Crippen molar-refractivity contribution in [1.29, 1.82) is 0 Å². The maximum absolute atomic E-state index is 13.4. The molecule has 1 aromatic carbocycles. The number of nitro groups is 1. The summed E-state index contributed by atoms with van der Waals surface area (Å²) in [4.78, 5) is 45.8. The van der Waals surface area contributed by atoms with Crippen molar-refractivity contribution in [2.45, 2.75) is 19.8 Å². The lowest BCUT2D eigenvalue weighted by Crippen LogP contribution is -2.47. The van der Waals surface area contributed by atoms with E-state index in [4.69, 9.17) is 9.47 Å². The molecule has 0 spiro atoms. The first-order valence-electron chi connectivity index (χ1n) is 11.8. The molecule has 1 atom stereocenters. The Balaban J connectivity index is 1.48. The topological polar surface area (TPSA) is 127 Å². The minimum atomic E-state index is -0.872. The van der Waals surface area contributed by atoms with Gasteiger partial charge in [0.25, 0.3) is 5.69 Å². The van der Waals surface area contributed by atoms with Crippen LogP contribution in [0.25, 0.3) is 0 Å². The number of thiazole rings is 1. The summed E-state index contributed by atoms with van der Waals surface area (Å²) in [6, 6.07) is 5.92. The zero-order valence-corrected chi connectivity index (χ0v) is 21.7. The molecule has 0 bridgehead atoms. The molecule has 1 fully saturated rings. The maximum atomic E-state index is 13.4. The number of esters is 2. The number of hydrogen-bond acceptors (Lipinski definition) is 11. The number of aromatic nitrogens is 1. The Labute approximate surface area is 218 Å². The molecule has 12 heteroatoms. The van der Waals surface area contributed by atoms with Crippen molar-refractivity contribution in [1.82, 2.24) is 15.2 Å². The van der Waals surface area contributed by atoms with Gasteiger partial charge >= 0.3 is 11.9 Å². The van der Waals surface area contributed by atoms with Gasteiger partial charge < -0.3 is 19.7 Å². The fourth-order valence-electron chi connectivity index (χ4n) is 4.68. The van der Waals surface area contributed by atoms with Gasteiger partial charge in [-0.15, -0.1) is 11.3 Å². The second kappa shape index (κ2) is 11.5. The summed E-state index contributed by atoms with van der Waals surface area (Å²) in [5, 5.41) is 17.4. The van der Waals surface area contributed by atoms with Crippen LogP contribution in [-0.4, -0.2) is 73.2 Å². The molecule has 2 aliphatic rings. The third kappa shape index (κ3) is 5.81. The molecule has 0 saturated carbocycles. The summed E-state index contributed by atoms with van der Waals surface area (Å²) in [5.74, 6) is -2.09. The lowest BCUT2D eigenvalue weighted by atomic mass is 9.80. The number of hydrogen-bond donors (Lipinski definition) is 1. The monoisotopic (exact) mass is 527 g/mol. The van der Waals surface area contributed by atoms with E-state index in [9.17, 15) is 19.7 Å². The summed E-state index contributed by atoms with van der Waals surface area (Å²) in [6.45, 7) is 7.50. The number of nitro benzene ring substituents is 1. The number of rotatable bonds is 8. The molecule has 0 aliphatic carbocycles. The summed E-state index contributed by atoms with van der Waals surface area (Å²) in [5.41, 5.74) is 1.75. The Morgan fingerprint density at radius 1 is 1.16 bits per heavy atom. The molecule has 2 aliphatic heterocycles. The number of ether oxygens (including phenoxy) is 2. The first-order valence-corrected chi connectivity index (χ1v) is 12.7. The van der Waals surface area contributed by atoms with Gasteiger partial charge in [0, 0.05) is 67.8 Å². The summed E-state index contributed by atoms with van der Waals surface area (Å²) in [7, 11) is 1.25. The average Bonchev–Trinajstić information content (AvgIpc) is 3.43. The number of non-ortho nitro benzene ring substituents is 1. The molecular formula is C25H29N5O6S. The fraction of sp³-hybridized carbons (Fsp3) is 0.400. The Morgan fingerprint density at radius 3 is 2.49 bits per heavy atom. The van der Waals surface area contributed by atoms with Gasteiger partial charge in [0.2, 0.25) is 0 Å². The fourth-order valence-corrected chi connectivity index (χ4v) is 5.37. The second-order valence-electron chi connectivity index (χ2n) is 8.76. The SMILES string of the molecule is COC(=O)C1=C(C)NC(C)=C(C(=O)OCCN2CCN(c3nccs3)CC2)C1c1cccc([N+](=O)[O-])c1. The number of nitrogens with one attached hydrogen (secondary N) is 1. The van der Waals surface area contributed by atoms with Crippen LogP contribution in [0.5, 0.6) is 0 Å². The van der Waals surface area contributed by atoms with Crippen LogP contribution in [0.2, 0.25) is 0 Å². The molecule has 196 valence electrons. The van der Waals surface area contributed by atoms with E-state index in [1.165, 1.54) is 25.3 Å². The Morgan fingerprint density at radius 2 is 1.86 bits per heavy atom. The number of benzene rings is 1. The van der Waals surface area contributed by atoms with Gasteiger partial charge in [-0.2, -0.15) is 0 Å². The first kappa shape index (κ1) is 26.3. The van der Waals surface area contributed by atoms with E-state index < -0.39 is 22.8 Å². The van der Waals surface area contributed by atoms with E-state index in [2.05, 4.69) is 20.1 Å². The van der Waals surface area contributed by atoms with E-state index >= 15 is 0 Å². The second-order valence-corrected chi connectivity index (χ2v) is 9.63. The highest BCUT2D eigenvalue weighted by molar-refractivity contribution is 7.13. The smallest absolute Gasteiger partial charge is 0.336 e. The van der Waals surface area contributed by atoms with Crippen molar-refractivity contribution in [3.8, 4) is 0 Å². The van der Waals surface area contributed by atoms with Gasteiger partial charge in [0.1, 0.15) is 6.61 Å². The highest BCUT2D eigenvalue weighted by atomic mass is 32.1. The van der Waals surface area contributed by atoms with Crippen molar-refractivity contribution in [3.63, 3.8) is 0 Å². The Hall–Kier alpha value is -3.77. The standard InChI is InChI=1S/C25H29N5O6S/c1-16-20(23(31)35-3)22(18-5-4-6-19(15-18)30(33)34)21(17(2)27-16)24(32)36-13-12-28-8-10-29(11-9-28)25-26-7-14-37-25/h4-7,14-15,22,27H,8-13H2,1-3H3. The van der Waals surface area contributed by atoms with Crippen LogP contribution in [0.4, 0.5) is 10.8 Å². The van der Waals surface area contributed by atoms with Gasteiger partial charge in [0.15, 0.2) is 5.13 Å². The van der Waals surface area contributed by atoms with E-state index in [1.54, 1.807) is 37.4 Å². The Kier molecular flexibility index (Phi) is 8.19. The third-order valence-corrected chi connectivity index (χ3v) is 7.33. The molecule has 1 aromatic heterocycles. The van der Waals surface area contributed by atoms with Gasteiger partial charge in [-0.25, -0.2) is 14.6 Å². The minimum absolute atomic E-state index is 0.139. The number of anilines is 1. The van der Waals surface area contributed by atoms with Gasteiger partial charge in [-0.1, -0.05) is 12.1 Å². The molecule has 11 nitrogen and oxygen atoms in total. The molecule has 2 aromatic rings. The summed E-state index contributed by atoms with van der Waals surface area (Å²) in [6.07, 6.45) is 1.80. The van der Waals surface area contributed by atoms with E-state index in [0.29, 0.717) is 23.5 Å². The highest BCUT2D eigenvalue weighted by Gasteiger charge is 2.38. The number of nitrogens with zero attached hydrogens (tertiary/aromatic N) is 4. The van der Waals surface area contributed by atoms with Crippen LogP contribution < -0.4 is 10.2 Å². The summed E-state index contributed by atoms with van der Waals surface area (Å²) >= 11 is 1.62. The van der Waals surface area contributed by atoms with Crippen LogP contribution in [-0.2, 0) is 19.1 Å².